The van der Waals surface area contributed by atoms with Gasteiger partial charge in [-0.1, -0.05) is 17.7 Å². The molecule has 1 amide bonds. The van der Waals surface area contributed by atoms with E-state index < -0.39 is 5.97 Å². The van der Waals surface area contributed by atoms with Crippen molar-refractivity contribution in [2.24, 2.45) is 0 Å². The van der Waals surface area contributed by atoms with E-state index in [0.717, 1.165) is 16.6 Å². The van der Waals surface area contributed by atoms with Crippen LogP contribution in [0.3, 0.4) is 0 Å². The van der Waals surface area contributed by atoms with Gasteiger partial charge in [0.25, 0.3) is 5.91 Å². The molecule has 0 saturated heterocycles. The van der Waals surface area contributed by atoms with Gasteiger partial charge in [-0.3, -0.25) is 4.79 Å². The molecule has 0 fully saturated rings. The summed E-state index contributed by atoms with van der Waals surface area (Å²) in [6.07, 6.45) is 3.18. The number of fused-ring (bicyclic) bond motifs is 1. The van der Waals surface area contributed by atoms with Crippen LogP contribution in [0.15, 0.2) is 67.0 Å². The average Bonchev–Trinajstić information content (AvgIpc) is 3.23. The Balaban J connectivity index is 1.46. The molecule has 0 radical (unpaired) electrons. The number of hydrogen-bond acceptors (Lipinski definition) is 5. The van der Waals surface area contributed by atoms with Gasteiger partial charge in [-0.2, -0.15) is 5.10 Å². The van der Waals surface area contributed by atoms with Gasteiger partial charge in [0.1, 0.15) is 5.75 Å². The number of aryl methyl sites for hydroxylation is 1. The second-order valence-corrected chi connectivity index (χ2v) is 7.93. The number of hydrogen-bond donors (Lipinski definition) is 0. The Morgan fingerprint density at radius 1 is 0.969 bits per heavy atom. The number of rotatable bonds is 5. The molecule has 0 unspecified atom stereocenters. The smallest absolute Gasteiger partial charge is 0.345 e. The van der Waals surface area contributed by atoms with Crippen LogP contribution in [0.25, 0.3) is 11.0 Å². The van der Waals surface area contributed by atoms with Crippen molar-refractivity contribution in [2.45, 2.75) is 26.8 Å². The van der Waals surface area contributed by atoms with E-state index in [1.807, 2.05) is 32.9 Å². The summed E-state index contributed by atoms with van der Waals surface area (Å²) in [5.41, 5.74) is 3.47. The first kappa shape index (κ1) is 21.2. The van der Waals surface area contributed by atoms with Crippen LogP contribution in [0.4, 0.5) is 5.69 Å². The Morgan fingerprint density at radius 2 is 1.66 bits per heavy atom. The number of nitrogens with zero attached hydrogens (tertiary/aromatic N) is 4. The molecule has 162 valence electrons. The second kappa shape index (κ2) is 8.63. The number of pyridine rings is 1. The molecule has 2 aromatic heterocycles. The molecule has 7 heteroatoms. The number of aromatic nitrogens is 3. The first-order valence-corrected chi connectivity index (χ1v) is 10.3. The molecule has 2 heterocycles. The van der Waals surface area contributed by atoms with Crippen molar-refractivity contribution in [3.8, 4) is 5.75 Å². The highest BCUT2D eigenvalue weighted by Crippen LogP contribution is 2.22. The number of esters is 1. The fourth-order valence-corrected chi connectivity index (χ4v) is 3.34. The Bertz CT molecular complexity index is 1280. The molecule has 4 aromatic rings. The maximum absolute atomic E-state index is 12.7. The maximum Gasteiger partial charge on any atom is 0.345 e. The van der Waals surface area contributed by atoms with Crippen molar-refractivity contribution < 1.29 is 14.3 Å². The van der Waals surface area contributed by atoms with E-state index in [1.54, 1.807) is 65.3 Å². The van der Waals surface area contributed by atoms with Crippen molar-refractivity contribution in [3.63, 3.8) is 0 Å². The van der Waals surface area contributed by atoms with Gasteiger partial charge >= 0.3 is 5.97 Å². The highest BCUT2D eigenvalue weighted by atomic mass is 16.5. The summed E-state index contributed by atoms with van der Waals surface area (Å²) < 4.78 is 7.29. The summed E-state index contributed by atoms with van der Waals surface area (Å²) in [4.78, 5) is 31.2. The first-order chi connectivity index (χ1) is 15.3. The lowest BCUT2D eigenvalue weighted by Crippen LogP contribution is -2.26. The van der Waals surface area contributed by atoms with Crippen LogP contribution in [0, 0.1) is 6.92 Å². The lowest BCUT2D eigenvalue weighted by atomic mass is 10.1. The molecule has 0 saturated carbocycles. The molecule has 0 aliphatic rings. The van der Waals surface area contributed by atoms with Gasteiger partial charge in [-0.15, -0.1) is 0 Å². The molecule has 0 N–H and O–H groups in total. The Labute approximate surface area is 186 Å². The van der Waals surface area contributed by atoms with Gasteiger partial charge in [0.2, 0.25) is 0 Å². The zero-order valence-corrected chi connectivity index (χ0v) is 18.4. The second-order valence-electron chi connectivity index (χ2n) is 7.93. The van der Waals surface area contributed by atoms with E-state index in [4.69, 9.17) is 4.74 Å². The van der Waals surface area contributed by atoms with Crippen molar-refractivity contribution in [1.82, 2.24) is 14.8 Å². The number of carbonyl (C=O) groups is 2. The molecule has 0 spiro atoms. The third kappa shape index (κ3) is 4.23. The first-order valence-electron chi connectivity index (χ1n) is 10.3. The molecule has 2 aromatic carbocycles. The summed E-state index contributed by atoms with van der Waals surface area (Å²) in [6.45, 7) is 6.02. The van der Waals surface area contributed by atoms with Gasteiger partial charge in [-0.05, 0) is 63.2 Å². The topological polar surface area (TPSA) is 77.3 Å². The Morgan fingerprint density at radius 3 is 2.31 bits per heavy atom. The monoisotopic (exact) mass is 428 g/mol. The zero-order chi connectivity index (χ0) is 22.8. The minimum absolute atomic E-state index is 0.115. The van der Waals surface area contributed by atoms with Crippen LogP contribution in [0.5, 0.6) is 5.75 Å². The number of ether oxygens (including phenoxy) is 1. The van der Waals surface area contributed by atoms with E-state index >= 15 is 0 Å². The summed E-state index contributed by atoms with van der Waals surface area (Å²) in [5, 5.41) is 5.09. The predicted molar refractivity (Wildman–Crippen MR) is 123 cm³/mol. The third-order valence-corrected chi connectivity index (χ3v) is 5.20. The van der Waals surface area contributed by atoms with Crippen LogP contribution in [0.2, 0.25) is 0 Å². The number of carbonyl (C=O) groups excluding carboxylic acids is 2. The quantitative estimate of drug-likeness (QED) is 0.337. The summed E-state index contributed by atoms with van der Waals surface area (Å²) in [5.74, 6) is -0.238. The largest absolute Gasteiger partial charge is 0.423 e. The van der Waals surface area contributed by atoms with Gasteiger partial charge in [0.15, 0.2) is 5.65 Å². The molecular weight excluding hydrogens is 404 g/mol. The van der Waals surface area contributed by atoms with E-state index in [-0.39, 0.29) is 11.9 Å². The highest BCUT2D eigenvalue weighted by Gasteiger charge is 2.16. The molecular formula is C25H24N4O3. The minimum Gasteiger partial charge on any atom is -0.423 e. The minimum atomic E-state index is -0.506. The van der Waals surface area contributed by atoms with E-state index in [2.05, 4.69) is 10.1 Å². The number of anilines is 1. The Kier molecular flexibility index (Phi) is 5.73. The van der Waals surface area contributed by atoms with Gasteiger partial charge in [-0.25, -0.2) is 14.5 Å². The number of amides is 1. The van der Waals surface area contributed by atoms with Crippen molar-refractivity contribution in [2.75, 3.05) is 11.9 Å². The summed E-state index contributed by atoms with van der Waals surface area (Å²) in [7, 11) is 1.71. The lowest BCUT2D eigenvalue weighted by Gasteiger charge is -2.18. The van der Waals surface area contributed by atoms with Gasteiger partial charge in [0.05, 0.1) is 11.8 Å². The van der Waals surface area contributed by atoms with Gasteiger partial charge < -0.3 is 9.64 Å². The van der Waals surface area contributed by atoms with Crippen LogP contribution in [0.1, 0.15) is 46.2 Å². The molecule has 32 heavy (non-hydrogen) atoms. The van der Waals surface area contributed by atoms with Crippen molar-refractivity contribution in [1.29, 1.82) is 0 Å². The third-order valence-electron chi connectivity index (χ3n) is 5.20. The molecule has 0 bridgehead atoms. The highest BCUT2D eigenvalue weighted by molar-refractivity contribution is 6.05. The zero-order valence-electron chi connectivity index (χ0n) is 18.4. The fraction of sp³-hybridized carbons (Fsp3) is 0.200. The molecule has 4 rings (SSSR count). The molecule has 0 atom stereocenters. The number of benzene rings is 2. The van der Waals surface area contributed by atoms with Gasteiger partial charge in [0, 0.05) is 35.9 Å². The van der Waals surface area contributed by atoms with E-state index in [9.17, 15) is 9.59 Å². The summed E-state index contributed by atoms with van der Waals surface area (Å²) >= 11 is 0. The fourth-order valence-electron chi connectivity index (χ4n) is 3.34. The van der Waals surface area contributed by atoms with Crippen LogP contribution >= 0.6 is 0 Å². The van der Waals surface area contributed by atoms with Crippen molar-refractivity contribution >= 4 is 28.6 Å². The molecule has 0 aliphatic heterocycles. The standard InChI is InChI=1S/C25H24N4O3/c1-16(2)29-23-19(15-27-29)13-20(14-26-23)25(31)32-22-11-9-21(10-12-22)28(4)24(30)18-7-5-17(3)6-8-18/h5-16H,1-4H3. The SMILES string of the molecule is Cc1ccc(C(=O)N(C)c2ccc(OC(=O)c3cnc4c(cnn4C(C)C)c3)cc2)cc1. The van der Waals surface area contributed by atoms with Crippen LogP contribution in [-0.2, 0) is 0 Å². The maximum atomic E-state index is 12.7. The average molecular weight is 428 g/mol. The van der Waals surface area contributed by atoms with E-state index in [1.165, 1.54) is 6.20 Å². The van der Waals surface area contributed by atoms with E-state index in [0.29, 0.717) is 22.6 Å². The molecule has 7 nitrogen and oxygen atoms in total. The predicted octanol–water partition coefficient (Wildman–Crippen LogP) is 4.82. The van der Waals surface area contributed by atoms with Crippen molar-refractivity contribution in [3.05, 3.63) is 83.7 Å². The normalized spacial score (nSPS) is 11.0. The lowest BCUT2D eigenvalue weighted by molar-refractivity contribution is 0.0734. The molecule has 0 aliphatic carbocycles. The summed E-state index contributed by atoms with van der Waals surface area (Å²) in [6, 6.07) is 16.1. The van der Waals surface area contributed by atoms with Crippen LogP contribution < -0.4 is 9.64 Å². The Hall–Kier alpha value is -4.00. The van der Waals surface area contributed by atoms with Crippen LogP contribution in [-0.4, -0.2) is 33.7 Å².